The summed E-state index contributed by atoms with van der Waals surface area (Å²) in [5.41, 5.74) is 1.10. The standard InChI is InChI=1S/C14H17F/c15-14-10-8-13(9-11-14)7-6-12-4-2-1-3-5-12/h6-12H,1-5H2/b7-6+. The van der Waals surface area contributed by atoms with Crippen LogP contribution in [0.3, 0.4) is 0 Å². The van der Waals surface area contributed by atoms with Crippen LogP contribution >= 0.6 is 0 Å². The molecule has 0 N–H and O–H groups in total. The Hall–Kier alpha value is -1.11. The van der Waals surface area contributed by atoms with Gasteiger partial charge in [0.2, 0.25) is 0 Å². The predicted octanol–water partition coefficient (Wildman–Crippen LogP) is 4.42. The van der Waals surface area contributed by atoms with E-state index in [4.69, 9.17) is 0 Å². The molecule has 0 atom stereocenters. The van der Waals surface area contributed by atoms with Crippen molar-refractivity contribution >= 4 is 6.08 Å². The fourth-order valence-electron chi connectivity index (χ4n) is 2.15. The molecule has 0 radical (unpaired) electrons. The van der Waals surface area contributed by atoms with Crippen LogP contribution in [0.1, 0.15) is 37.7 Å². The number of rotatable bonds is 2. The van der Waals surface area contributed by atoms with Gasteiger partial charge in [0, 0.05) is 0 Å². The highest BCUT2D eigenvalue weighted by atomic mass is 19.1. The Bertz CT molecular complexity index is 318. The fourth-order valence-corrected chi connectivity index (χ4v) is 2.15. The molecule has 1 fully saturated rings. The smallest absolute Gasteiger partial charge is 0.123 e. The van der Waals surface area contributed by atoms with Crippen molar-refractivity contribution in [2.45, 2.75) is 32.1 Å². The summed E-state index contributed by atoms with van der Waals surface area (Å²) >= 11 is 0. The molecule has 1 aliphatic rings. The van der Waals surface area contributed by atoms with E-state index in [1.807, 2.05) is 12.1 Å². The van der Waals surface area contributed by atoms with E-state index >= 15 is 0 Å². The molecule has 0 amide bonds. The molecule has 15 heavy (non-hydrogen) atoms. The number of benzene rings is 1. The Morgan fingerprint density at radius 3 is 2.33 bits per heavy atom. The first-order valence-electron chi connectivity index (χ1n) is 5.78. The Kier molecular flexibility index (Phi) is 3.54. The van der Waals surface area contributed by atoms with Crippen molar-refractivity contribution < 1.29 is 4.39 Å². The van der Waals surface area contributed by atoms with Crippen LogP contribution in [0.2, 0.25) is 0 Å². The van der Waals surface area contributed by atoms with Crippen molar-refractivity contribution in [3.63, 3.8) is 0 Å². The van der Waals surface area contributed by atoms with E-state index in [0.717, 1.165) is 11.5 Å². The number of hydrogen-bond acceptors (Lipinski definition) is 0. The number of hydrogen-bond donors (Lipinski definition) is 0. The normalized spacial score (nSPS) is 18.5. The number of allylic oxidation sites excluding steroid dienone is 1. The Labute approximate surface area is 90.8 Å². The molecule has 0 aliphatic heterocycles. The molecule has 1 aliphatic carbocycles. The summed E-state index contributed by atoms with van der Waals surface area (Å²) in [6.07, 6.45) is 11.1. The summed E-state index contributed by atoms with van der Waals surface area (Å²) < 4.78 is 12.7. The van der Waals surface area contributed by atoms with E-state index in [2.05, 4.69) is 12.2 Å². The summed E-state index contributed by atoms with van der Waals surface area (Å²) in [5.74, 6) is 0.577. The molecule has 80 valence electrons. The summed E-state index contributed by atoms with van der Waals surface area (Å²) in [4.78, 5) is 0. The van der Waals surface area contributed by atoms with E-state index in [1.165, 1.54) is 44.2 Å². The van der Waals surface area contributed by atoms with Gasteiger partial charge < -0.3 is 0 Å². The monoisotopic (exact) mass is 204 g/mol. The lowest BCUT2D eigenvalue weighted by atomic mass is 9.89. The first kappa shape index (κ1) is 10.4. The zero-order valence-electron chi connectivity index (χ0n) is 8.95. The van der Waals surface area contributed by atoms with Crippen molar-refractivity contribution in [3.8, 4) is 0 Å². The van der Waals surface area contributed by atoms with Crippen LogP contribution in [0.25, 0.3) is 6.08 Å². The molecule has 0 heterocycles. The van der Waals surface area contributed by atoms with Gasteiger partial charge in [0.15, 0.2) is 0 Å². The molecule has 0 spiro atoms. The van der Waals surface area contributed by atoms with Crippen molar-refractivity contribution in [2.24, 2.45) is 5.92 Å². The summed E-state index contributed by atoms with van der Waals surface area (Å²) in [6, 6.07) is 6.68. The average molecular weight is 204 g/mol. The van der Waals surface area contributed by atoms with Crippen LogP contribution < -0.4 is 0 Å². The van der Waals surface area contributed by atoms with E-state index in [1.54, 1.807) is 0 Å². The molecule has 0 saturated heterocycles. The Morgan fingerprint density at radius 1 is 1.00 bits per heavy atom. The van der Waals surface area contributed by atoms with Crippen LogP contribution in [0.15, 0.2) is 30.3 Å². The summed E-state index contributed by atoms with van der Waals surface area (Å²) in [7, 11) is 0. The van der Waals surface area contributed by atoms with Gasteiger partial charge in [0.05, 0.1) is 0 Å². The lowest BCUT2D eigenvalue weighted by Gasteiger charge is -2.17. The minimum Gasteiger partial charge on any atom is -0.207 e. The van der Waals surface area contributed by atoms with Crippen molar-refractivity contribution in [1.29, 1.82) is 0 Å². The van der Waals surface area contributed by atoms with E-state index in [-0.39, 0.29) is 5.82 Å². The zero-order chi connectivity index (χ0) is 10.5. The molecule has 0 aromatic heterocycles. The Balaban J connectivity index is 1.95. The van der Waals surface area contributed by atoms with Gasteiger partial charge in [-0.15, -0.1) is 0 Å². The Morgan fingerprint density at radius 2 is 1.67 bits per heavy atom. The van der Waals surface area contributed by atoms with Gasteiger partial charge in [-0.3, -0.25) is 0 Å². The van der Waals surface area contributed by atoms with Crippen LogP contribution in [-0.4, -0.2) is 0 Å². The lowest BCUT2D eigenvalue weighted by Crippen LogP contribution is -2.02. The second-order valence-corrected chi connectivity index (χ2v) is 4.31. The highest BCUT2D eigenvalue weighted by Gasteiger charge is 2.09. The molecule has 1 aromatic carbocycles. The average Bonchev–Trinajstić information content (AvgIpc) is 2.30. The zero-order valence-corrected chi connectivity index (χ0v) is 8.95. The topological polar surface area (TPSA) is 0 Å². The molecular weight excluding hydrogens is 187 g/mol. The van der Waals surface area contributed by atoms with E-state index in [0.29, 0.717) is 0 Å². The van der Waals surface area contributed by atoms with Gasteiger partial charge in [-0.05, 0) is 36.5 Å². The SMILES string of the molecule is Fc1ccc(/C=C/C2CCCCC2)cc1. The second-order valence-electron chi connectivity index (χ2n) is 4.31. The molecule has 0 bridgehead atoms. The third kappa shape index (κ3) is 3.19. The molecule has 1 heteroatoms. The van der Waals surface area contributed by atoms with Crippen molar-refractivity contribution in [3.05, 3.63) is 41.7 Å². The predicted molar refractivity (Wildman–Crippen MR) is 62.0 cm³/mol. The van der Waals surface area contributed by atoms with Gasteiger partial charge in [-0.25, -0.2) is 4.39 Å². The molecule has 0 unspecified atom stereocenters. The minimum absolute atomic E-state index is 0.162. The number of halogens is 1. The molecule has 2 rings (SSSR count). The molecule has 1 aromatic rings. The maximum atomic E-state index is 12.7. The second kappa shape index (κ2) is 5.11. The maximum absolute atomic E-state index is 12.7. The molecule has 0 nitrogen and oxygen atoms in total. The van der Waals surface area contributed by atoms with Gasteiger partial charge >= 0.3 is 0 Å². The molecule has 1 saturated carbocycles. The minimum atomic E-state index is -0.162. The highest BCUT2D eigenvalue weighted by Crippen LogP contribution is 2.25. The largest absolute Gasteiger partial charge is 0.207 e. The first-order chi connectivity index (χ1) is 7.34. The maximum Gasteiger partial charge on any atom is 0.123 e. The van der Waals surface area contributed by atoms with Gasteiger partial charge in [0.25, 0.3) is 0 Å². The van der Waals surface area contributed by atoms with Gasteiger partial charge in [-0.1, -0.05) is 43.5 Å². The first-order valence-corrected chi connectivity index (χ1v) is 5.78. The van der Waals surface area contributed by atoms with E-state index < -0.39 is 0 Å². The third-order valence-electron chi connectivity index (χ3n) is 3.08. The van der Waals surface area contributed by atoms with Crippen molar-refractivity contribution in [2.75, 3.05) is 0 Å². The van der Waals surface area contributed by atoms with Crippen LogP contribution in [0, 0.1) is 11.7 Å². The summed E-state index contributed by atoms with van der Waals surface area (Å²) in [6.45, 7) is 0. The van der Waals surface area contributed by atoms with Crippen LogP contribution in [0.5, 0.6) is 0 Å². The van der Waals surface area contributed by atoms with Gasteiger partial charge in [-0.2, -0.15) is 0 Å². The van der Waals surface area contributed by atoms with Gasteiger partial charge in [0.1, 0.15) is 5.82 Å². The fraction of sp³-hybridized carbons (Fsp3) is 0.429. The third-order valence-corrected chi connectivity index (χ3v) is 3.08. The van der Waals surface area contributed by atoms with E-state index in [9.17, 15) is 4.39 Å². The van der Waals surface area contributed by atoms with Crippen molar-refractivity contribution in [1.82, 2.24) is 0 Å². The van der Waals surface area contributed by atoms with Crippen LogP contribution in [-0.2, 0) is 0 Å². The quantitative estimate of drug-likeness (QED) is 0.669. The highest BCUT2D eigenvalue weighted by molar-refractivity contribution is 5.49. The molecular formula is C14H17F. The lowest BCUT2D eigenvalue weighted by molar-refractivity contribution is 0.420. The summed E-state index contributed by atoms with van der Waals surface area (Å²) in [5, 5.41) is 0. The van der Waals surface area contributed by atoms with Crippen LogP contribution in [0.4, 0.5) is 4.39 Å².